The smallest absolute Gasteiger partial charge is 0.416 e. The molecule has 1 atom stereocenters. The van der Waals surface area contributed by atoms with Crippen LogP contribution >= 0.6 is 0 Å². The lowest BCUT2D eigenvalue weighted by atomic mass is 10.1. The number of likely N-dealkylation sites (tertiary alicyclic amines) is 1. The van der Waals surface area contributed by atoms with E-state index in [0.717, 1.165) is 12.1 Å². The topological polar surface area (TPSA) is 52.6 Å². The van der Waals surface area contributed by atoms with Crippen molar-refractivity contribution in [3.05, 3.63) is 35.1 Å². The summed E-state index contributed by atoms with van der Waals surface area (Å²) in [6.45, 7) is 0.494. The number of hydrogen-bond donors (Lipinski definition) is 2. The zero-order chi connectivity index (χ0) is 15.6. The van der Waals surface area contributed by atoms with Gasteiger partial charge in [-0.05, 0) is 24.1 Å². The number of carbonyl (C=O) groups is 1. The molecular weight excluding hydrogens is 292 g/mol. The summed E-state index contributed by atoms with van der Waals surface area (Å²) in [7, 11) is 0. The Bertz CT molecular complexity index is 533. The second kappa shape index (κ2) is 5.88. The zero-order valence-electron chi connectivity index (χ0n) is 11.0. The van der Waals surface area contributed by atoms with Gasteiger partial charge in [-0.15, -0.1) is 0 Å². The van der Waals surface area contributed by atoms with Gasteiger partial charge in [-0.3, -0.25) is 0 Å². The number of alkyl halides is 3. The molecule has 8 heteroatoms. The first kappa shape index (κ1) is 15.6. The van der Waals surface area contributed by atoms with Crippen LogP contribution in [0.2, 0.25) is 0 Å². The van der Waals surface area contributed by atoms with Crippen molar-refractivity contribution in [1.29, 1.82) is 0 Å². The molecule has 0 spiro atoms. The van der Waals surface area contributed by atoms with Crippen LogP contribution in [0.3, 0.4) is 0 Å². The molecule has 0 aromatic heterocycles. The molecular formula is C13H14F4N2O2. The number of halogens is 4. The Morgan fingerprint density at radius 3 is 2.71 bits per heavy atom. The van der Waals surface area contributed by atoms with Crippen molar-refractivity contribution in [2.24, 2.45) is 0 Å². The first-order valence-electron chi connectivity index (χ1n) is 6.34. The maximum atomic E-state index is 13.0. The highest BCUT2D eigenvalue weighted by Gasteiger charge is 2.34. The Morgan fingerprint density at radius 1 is 1.43 bits per heavy atom. The summed E-state index contributed by atoms with van der Waals surface area (Å²) in [4.78, 5) is 12.0. The average Bonchev–Trinajstić information content (AvgIpc) is 2.85. The second-order valence-corrected chi connectivity index (χ2v) is 4.89. The fraction of sp³-hybridized carbons (Fsp3) is 0.462. The van der Waals surface area contributed by atoms with Gasteiger partial charge in [0.05, 0.1) is 5.56 Å². The van der Waals surface area contributed by atoms with E-state index in [0.29, 0.717) is 19.0 Å². The van der Waals surface area contributed by atoms with Crippen LogP contribution in [0.5, 0.6) is 0 Å². The molecule has 1 aliphatic heterocycles. The van der Waals surface area contributed by atoms with E-state index in [-0.39, 0.29) is 24.7 Å². The Kier molecular flexibility index (Phi) is 4.36. The predicted molar refractivity (Wildman–Crippen MR) is 66.2 cm³/mol. The standard InChI is InChI=1S/C13H14F4N2O2/c14-9-2-1-8(11(5-9)13(15,16)17)6-18-10-3-4-19(7-10)12(20)21/h1-2,5,10,18H,3-4,6-7H2,(H,20,21). The fourth-order valence-corrected chi connectivity index (χ4v) is 2.32. The lowest BCUT2D eigenvalue weighted by molar-refractivity contribution is -0.138. The molecule has 4 nitrogen and oxygen atoms in total. The molecule has 1 fully saturated rings. The predicted octanol–water partition coefficient (Wildman–Crippen LogP) is 2.69. The average molecular weight is 306 g/mol. The van der Waals surface area contributed by atoms with Crippen molar-refractivity contribution in [1.82, 2.24) is 10.2 Å². The summed E-state index contributed by atoms with van der Waals surface area (Å²) in [5.41, 5.74) is -1.07. The first-order valence-corrected chi connectivity index (χ1v) is 6.34. The van der Waals surface area contributed by atoms with Gasteiger partial charge < -0.3 is 15.3 Å². The molecule has 0 aliphatic carbocycles. The Balaban J connectivity index is 2.03. The van der Waals surface area contributed by atoms with Gasteiger partial charge in [0, 0.05) is 25.7 Å². The molecule has 1 aromatic rings. The monoisotopic (exact) mass is 306 g/mol. The van der Waals surface area contributed by atoms with Crippen molar-refractivity contribution >= 4 is 6.09 Å². The van der Waals surface area contributed by atoms with Gasteiger partial charge >= 0.3 is 12.3 Å². The molecule has 0 bridgehead atoms. The fourth-order valence-electron chi connectivity index (χ4n) is 2.32. The van der Waals surface area contributed by atoms with Crippen LogP contribution in [0.25, 0.3) is 0 Å². The van der Waals surface area contributed by atoms with Crippen LogP contribution in [0.1, 0.15) is 17.5 Å². The second-order valence-electron chi connectivity index (χ2n) is 4.89. The third kappa shape index (κ3) is 3.84. The highest BCUT2D eigenvalue weighted by Crippen LogP contribution is 2.32. The quantitative estimate of drug-likeness (QED) is 0.844. The lowest BCUT2D eigenvalue weighted by Crippen LogP contribution is -2.34. The molecule has 21 heavy (non-hydrogen) atoms. The minimum Gasteiger partial charge on any atom is -0.465 e. The zero-order valence-corrected chi connectivity index (χ0v) is 11.0. The van der Waals surface area contributed by atoms with E-state index in [9.17, 15) is 22.4 Å². The number of benzene rings is 1. The summed E-state index contributed by atoms with van der Waals surface area (Å²) in [5, 5.41) is 11.7. The van der Waals surface area contributed by atoms with Gasteiger partial charge in [0.2, 0.25) is 0 Å². The summed E-state index contributed by atoms with van der Waals surface area (Å²) < 4.78 is 51.4. The van der Waals surface area contributed by atoms with E-state index >= 15 is 0 Å². The number of carboxylic acid groups (broad SMARTS) is 1. The van der Waals surface area contributed by atoms with Crippen LogP contribution in [-0.2, 0) is 12.7 Å². The summed E-state index contributed by atoms with van der Waals surface area (Å²) >= 11 is 0. The van der Waals surface area contributed by atoms with Gasteiger partial charge in [0.1, 0.15) is 5.82 Å². The van der Waals surface area contributed by atoms with E-state index in [1.54, 1.807) is 0 Å². The van der Waals surface area contributed by atoms with E-state index in [1.807, 2.05) is 0 Å². The molecule has 2 N–H and O–H groups in total. The first-order chi connectivity index (χ1) is 9.77. The van der Waals surface area contributed by atoms with Gasteiger partial charge in [-0.25, -0.2) is 9.18 Å². The van der Waals surface area contributed by atoms with E-state index in [2.05, 4.69) is 5.32 Å². The molecule has 116 valence electrons. The lowest BCUT2D eigenvalue weighted by Gasteiger charge is -2.17. The van der Waals surface area contributed by atoms with Gasteiger partial charge in [0.15, 0.2) is 0 Å². The van der Waals surface area contributed by atoms with E-state index in [4.69, 9.17) is 5.11 Å². The molecule has 1 aliphatic rings. The highest BCUT2D eigenvalue weighted by molar-refractivity contribution is 5.65. The minimum absolute atomic E-state index is 0.0577. The van der Waals surface area contributed by atoms with Crippen molar-refractivity contribution in [2.45, 2.75) is 25.2 Å². The van der Waals surface area contributed by atoms with Crippen molar-refractivity contribution in [2.75, 3.05) is 13.1 Å². The van der Waals surface area contributed by atoms with Crippen LogP contribution < -0.4 is 5.32 Å². The summed E-state index contributed by atoms with van der Waals surface area (Å²) in [6, 6.07) is 2.33. The molecule has 1 heterocycles. The third-order valence-electron chi connectivity index (χ3n) is 3.42. The van der Waals surface area contributed by atoms with E-state index in [1.165, 1.54) is 4.90 Å². The molecule has 1 amide bonds. The van der Waals surface area contributed by atoms with Crippen LogP contribution in [0.4, 0.5) is 22.4 Å². The van der Waals surface area contributed by atoms with Crippen LogP contribution in [0.15, 0.2) is 18.2 Å². The largest absolute Gasteiger partial charge is 0.465 e. The molecule has 0 radical (unpaired) electrons. The number of nitrogens with one attached hydrogen (secondary N) is 1. The molecule has 1 saturated heterocycles. The highest BCUT2D eigenvalue weighted by atomic mass is 19.4. The maximum absolute atomic E-state index is 13.0. The van der Waals surface area contributed by atoms with Crippen molar-refractivity contribution in [3.63, 3.8) is 0 Å². The molecule has 0 saturated carbocycles. The van der Waals surface area contributed by atoms with Crippen LogP contribution in [0, 0.1) is 5.82 Å². The molecule has 1 unspecified atom stereocenters. The van der Waals surface area contributed by atoms with Gasteiger partial charge in [-0.1, -0.05) is 6.07 Å². The maximum Gasteiger partial charge on any atom is 0.416 e. The number of amides is 1. The van der Waals surface area contributed by atoms with Gasteiger partial charge in [0.25, 0.3) is 0 Å². The number of hydrogen-bond acceptors (Lipinski definition) is 2. The molecule has 2 rings (SSSR count). The molecule has 1 aromatic carbocycles. The Morgan fingerprint density at radius 2 is 2.14 bits per heavy atom. The minimum atomic E-state index is -4.62. The van der Waals surface area contributed by atoms with E-state index < -0.39 is 23.7 Å². The Hall–Kier alpha value is -1.83. The SMILES string of the molecule is O=C(O)N1CCC(NCc2ccc(F)cc2C(F)(F)F)C1. The van der Waals surface area contributed by atoms with Crippen molar-refractivity contribution < 1.29 is 27.5 Å². The normalized spacial score (nSPS) is 19.0. The number of nitrogens with zero attached hydrogens (tertiary/aromatic N) is 1. The van der Waals surface area contributed by atoms with Crippen LogP contribution in [-0.4, -0.2) is 35.2 Å². The number of rotatable bonds is 3. The third-order valence-corrected chi connectivity index (χ3v) is 3.42. The summed E-state index contributed by atoms with van der Waals surface area (Å²) in [5.74, 6) is -0.941. The van der Waals surface area contributed by atoms with Gasteiger partial charge in [-0.2, -0.15) is 13.2 Å². The summed E-state index contributed by atoms with van der Waals surface area (Å²) in [6.07, 6.45) is -5.13. The van der Waals surface area contributed by atoms with Crippen molar-refractivity contribution in [3.8, 4) is 0 Å². The Labute approximate surface area is 118 Å².